The second-order valence-electron chi connectivity index (χ2n) is 4.20. The van der Waals surface area contributed by atoms with Crippen LogP contribution in [0, 0.1) is 0 Å². The number of alkyl halides is 1. The number of halogens is 3. The first-order valence-corrected chi connectivity index (χ1v) is 7.38. The molecule has 1 heterocycles. The van der Waals surface area contributed by atoms with Crippen LogP contribution in [0.4, 0.5) is 0 Å². The quantitative estimate of drug-likeness (QED) is 0.614. The maximum Gasteiger partial charge on any atom is 0.138 e. The van der Waals surface area contributed by atoms with E-state index in [1.54, 1.807) is 0 Å². The first-order chi connectivity index (χ1) is 9.17. The zero-order chi connectivity index (χ0) is 13.4. The van der Waals surface area contributed by atoms with Crippen molar-refractivity contribution in [3.05, 3.63) is 51.5 Å². The van der Waals surface area contributed by atoms with Crippen molar-refractivity contribution in [2.75, 3.05) is 0 Å². The molecule has 3 aromatic rings. The van der Waals surface area contributed by atoms with Crippen LogP contribution in [0.15, 0.2) is 40.9 Å². The van der Waals surface area contributed by atoms with E-state index in [1.807, 2.05) is 36.4 Å². The predicted octanol–water partition coefficient (Wildman–Crippen LogP) is 5.38. The summed E-state index contributed by atoms with van der Waals surface area (Å²) in [5.74, 6) is 1.33. The highest BCUT2D eigenvalue weighted by molar-refractivity contribution is 9.10. The third kappa shape index (κ3) is 2.50. The van der Waals surface area contributed by atoms with Crippen LogP contribution in [0.1, 0.15) is 5.56 Å². The van der Waals surface area contributed by atoms with Crippen LogP contribution in [-0.4, -0.2) is 9.97 Å². The second-order valence-corrected chi connectivity index (χ2v) is 5.76. The Bertz CT molecular complexity index is 735. The lowest BCUT2D eigenvalue weighted by atomic mass is 10.1. The number of imidazole rings is 1. The third-order valence-electron chi connectivity index (χ3n) is 2.89. The lowest BCUT2D eigenvalue weighted by Gasteiger charge is -1.98. The van der Waals surface area contributed by atoms with E-state index in [0.717, 1.165) is 32.5 Å². The van der Waals surface area contributed by atoms with E-state index in [2.05, 4.69) is 25.9 Å². The van der Waals surface area contributed by atoms with Crippen molar-refractivity contribution >= 4 is 50.2 Å². The normalized spacial score (nSPS) is 11.1. The summed E-state index contributed by atoms with van der Waals surface area (Å²) in [5.41, 5.74) is 3.90. The fraction of sp³-hybridized carbons (Fsp3) is 0.0714. The molecule has 0 radical (unpaired) electrons. The van der Waals surface area contributed by atoms with Crippen molar-refractivity contribution in [1.82, 2.24) is 9.97 Å². The Labute approximate surface area is 128 Å². The number of fused-ring (bicyclic) bond motifs is 1. The molecule has 2 aromatic carbocycles. The molecule has 0 atom stereocenters. The van der Waals surface area contributed by atoms with Gasteiger partial charge in [-0.25, -0.2) is 4.98 Å². The summed E-state index contributed by atoms with van der Waals surface area (Å²) in [6.07, 6.45) is 0. The molecule has 1 N–H and O–H groups in total. The van der Waals surface area contributed by atoms with Crippen LogP contribution in [0.25, 0.3) is 22.4 Å². The van der Waals surface area contributed by atoms with Crippen molar-refractivity contribution in [3.63, 3.8) is 0 Å². The van der Waals surface area contributed by atoms with E-state index < -0.39 is 0 Å². The molecular weight excluding hydrogens is 347 g/mol. The van der Waals surface area contributed by atoms with Crippen LogP contribution < -0.4 is 0 Å². The summed E-state index contributed by atoms with van der Waals surface area (Å²) in [7, 11) is 0. The second kappa shape index (κ2) is 5.16. The fourth-order valence-electron chi connectivity index (χ4n) is 1.93. The number of hydrogen-bond donors (Lipinski definition) is 1. The molecule has 5 heteroatoms. The zero-order valence-electron chi connectivity index (χ0n) is 9.75. The van der Waals surface area contributed by atoms with Crippen molar-refractivity contribution in [1.29, 1.82) is 0 Å². The number of nitrogens with zero attached hydrogens (tertiary/aromatic N) is 1. The molecular formula is C14H9BrCl2N2. The van der Waals surface area contributed by atoms with Gasteiger partial charge in [0.15, 0.2) is 0 Å². The highest BCUT2D eigenvalue weighted by Crippen LogP contribution is 2.29. The maximum atomic E-state index is 6.03. The number of hydrogen-bond acceptors (Lipinski definition) is 1. The van der Waals surface area contributed by atoms with Crippen molar-refractivity contribution in [2.24, 2.45) is 0 Å². The Morgan fingerprint density at radius 3 is 2.58 bits per heavy atom. The van der Waals surface area contributed by atoms with E-state index in [9.17, 15) is 0 Å². The minimum Gasteiger partial charge on any atom is -0.338 e. The third-order valence-corrected chi connectivity index (χ3v) is 4.02. The summed E-state index contributed by atoms with van der Waals surface area (Å²) >= 11 is 15.3. The van der Waals surface area contributed by atoms with Gasteiger partial charge in [0.05, 0.1) is 5.52 Å². The summed E-state index contributed by atoms with van der Waals surface area (Å²) in [4.78, 5) is 7.86. The predicted molar refractivity (Wildman–Crippen MR) is 83.8 cm³/mol. The number of rotatable bonds is 2. The smallest absolute Gasteiger partial charge is 0.138 e. The van der Waals surface area contributed by atoms with Crippen LogP contribution in [0.2, 0.25) is 5.02 Å². The maximum absolute atomic E-state index is 6.03. The van der Waals surface area contributed by atoms with Crippen LogP contribution >= 0.6 is 39.1 Å². The van der Waals surface area contributed by atoms with Crippen LogP contribution in [0.3, 0.4) is 0 Å². The van der Waals surface area contributed by atoms with Crippen LogP contribution in [-0.2, 0) is 5.88 Å². The number of aromatic nitrogens is 2. The van der Waals surface area contributed by atoms with Crippen LogP contribution in [0.5, 0.6) is 0 Å². The van der Waals surface area contributed by atoms with Gasteiger partial charge in [-0.2, -0.15) is 0 Å². The summed E-state index contributed by atoms with van der Waals surface area (Å²) in [6.45, 7) is 0. The average molecular weight is 356 g/mol. The Hall–Kier alpha value is -1.03. The summed E-state index contributed by atoms with van der Waals surface area (Å²) in [5, 5.41) is 0.673. The average Bonchev–Trinajstić information content (AvgIpc) is 2.83. The molecule has 0 spiro atoms. The van der Waals surface area contributed by atoms with E-state index in [0.29, 0.717) is 10.9 Å². The Kier molecular flexibility index (Phi) is 3.52. The molecule has 0 aliphatic rings. The number of benzene rings is 2. The molecule has 0 saturated heterocycles. The Morgan fingerprint density at radius 2 is 1.89 bits per heavy atom. The van der Waals surface area contributed by atoms with Gasteiger partial charge in [-0.1, -0.05) is 35.9 Å². The van der Waals surface area contributed by atoms with E-state index in [4.69, 9.17) is 23.2 Å². The molecule has 0 amide bonds. The van der Waals surface area contributed by atoms with Gasteiger partial charge < -0.3 is 4.98 Å². The molecule has 0 aliphatic heterocycles. The van der Waals surface area contributed by atoms with Gasteiger partial charge in [-0.3, -0.25) is 0 Å². The van der Waals surface area contributed by atoms with E-state index in [-0.39, 0.29) is 0 Å². The van der Waals surface area contributed by atoms with Gasteiger partial charge >= 0.3 is 0 Å². The molecule has 19 heavy (non-hydrogen) atoms. The molecule has 3 rings (SSSR count). The number of nitrogens with one attached hydrogen (secondary N) is 1. The molecule has 0 aliphatic carbocycles. The minimum atomic E-state index is 0.515. The molecule has 96 valence electrons. The van der Waals surface area contributed by atoms with E-state index >= 15 is 0 Å². The first kappa shape index (κ1) is 13.0. The Morgan fingerprint density at radius 1 is 1.16 bits per heavy atom. The monoisotopic (exact) mass is 354 g/mol. The number of aromatic amines is 1. The molecule has 0 fully saturated rings. The summed E-state index contributed by atoms with van der Waals surface area (Å²) in [6, 6.07) is 11.7. The van der Waals surface area contributed by atoms with Crippen molar-refractivity contribution in [3.8, 4) is 11.4 Å². The van der Waals surface area contributed by atoms with Gasteiger partial charge in [0.2, 0.25) is 0 Å². The zero-order valence-corrected chi connectivity index (χ0v) is 12.9. The fourth-order valence-corrected chi connectivity index (χ4v) is 3.01. The van der Waals surface area contributed by atoms with E-state index in [1.165, 1.54) is 0 Å². The highest BCUT2D eigenvalue weighted by atomic mass is 79.9. The first-order valence-electron chi connectivity index (χ1n) is 5.67. The SMILES string of the molecule is ClCc1ccc(-c2nc3c(Br)cc(Cl)cc3[nH]2)cc1. The van der Waals surface area contributed by atoms with Crippen molar-refractivity contribution in [2.45, 2.75) is 5.88 Å². The molecule has 0 bridgehead atoms. The van der Waals surface area contributed by atoms with Gasteiger partial charge in [-0.15, -0.1) is 11.6 Å². The van der Waals surface area contributed by atoms with Crippen molar-refractivity contribution < 1.29 is 0 Å². The number of H-pyrrole nitrogens is 1. The van der Waals surface area contributed by atoms with Gasteiger partial charge in [0.1, 0.15) is 11.3 Å². The van der Waals surface area contributed by atoms with Gasteiger partial charge in [0, 0.05) is 20.9 Å². The largest absolute Gasteiger partial charge is 0.338 e. The molecule has 0 unspecified atom stereocenters. The topological polar surface area (TPSA) is 28.7 Å². The molecule has 2 nitrogen and oxygen atoms in total. The van der Waals surface area contributed by atoms with Gasteiger partial charge in [-0.05, 0) is 33.6 Å². The molecule has 0 saturated carbocycles. The Balaban J connectivity index is 2.12. The minimum absolute atomic E-state index is 0.515. The standard InChI is InChI=1S/C14H9BrCl2N2/c15-11-5-10(17)6-12-13(11)19-14(18-12)9-3-1-8(7-16)2-4-9/h1-6H,7H2,(H,18,19). The highest BCUT2D eigenvalue weighted by Gasteiger charge is 2.09. The lowest BCUT2D eigenvalue weighted by Crippen LogP contribution is -1.82. The summed E-state index contributed by atoms with van der Waals surface area (Å²) < 4.78 is 0.884. The molecule has 1 aromatic heterocycles. The van der Waals surface area contributed by atoms with Gasteiger partial charge in [0.25, 0.3) is 0 Å². The lowest BCUT2D eigenvalue weighted by molar-refractivity contribution is 1.32.